The largest absolute Gasteiger partial charge is 0.354 e. The van der Waals surface area contributed by atoms with Crippen LogP contribution in [0.2, 0.25) is 0 Å². The smallest absolute Gasteiger partial charge is 0.0497 e. The highest BCUT2D eigenvalue weighted by atomic mass is 14.7. The van der Waals surface area contributed by atoms with Gasteiger partial charge in [0.2, 0.25) is 0 Å². The summed E-state index contributed by atoms with van der Waals surface area (Å²) < 4.78 is 0. The van der Waals surface area contributed by atoms with Gasteiger partial charge in [-0.2, -0.15) is 0 Å². The molecule has 0 radical (unpaired) electrons. The van der Waals surface area contributed by atoms with Crippen molar-refractivity contribution in [3.05, 3.63) is 96.1 Å². The summed E-state index contributed by atoms with van der Waals surface area (Å²) >= 11 is 0. The SMILES string of the molecule is CCc1cc(-c2ccccc2)cc2c1[nH]c1c(CC)cc(-c3ccccc3)cc12. The van der Waals surface area contributed by atoms with Crippen LogP contribution in [0, 0.1) is 0 Å². The van der Waals surface area contributed by atoms with E-state index in [2.05, 4.69) is 104 Å². The highest BCUT2D eigenvalue weighted by Crippen LogP contribution is 2.37. The molecule has 0 aliphatic carbocycles. The third-order valence-corrected chi connectivity index (χ3v) is 5.96. The number of aromatic amines is 1. The molecule has 1 heteroatoms. The molecule has 5 aromatic rings. The van der Waals surface area contributed by atoms with Crippen LogP contribution in [0.1, 0.15) is 25.0 Å². The van der Waals surface area contributed by atoms with Crippen LogP contribution in [0.4, 0.5) is 0 Å². The van der Waals surface area contributed by atoms with Crippen LogP contribution in [0.15, 0.2) is 84.9 Å². The zero-order valence-electron chi connectivity index (χ0n) is 17.0. The molecule has 0 unspecified atom stereocenters. The maximum absolute atomic E-state index is 3.77. The molecule has 0 saturated carbocycles. The lowest BCUT2D eigenvalue weighted by Crippen LogP contribution is -1.86. The summed E-state index contributed by atoms with van der Waals surface area (Å²) in [4.78, 5) is 3.77. The molecule has 1 heterocycles. The summed E-state index contributed by atoms with van der Waals surface area (Å²) in [5, 5.41) is 2.65. The number of H-pyrrole nitrogens is 1. The second-order valence-corrected chi connectivity index (χ2v) is 7.68. The standard InChI is InChI=1S/C28H25N/c1-3-19-15-23(21-11-7-5-8-12-21)17-25-26-18-24(22-13-9-6-10-14-22)16-20(4-2)28(26)29-27(19)25/h5-18,29H,3-4H2,1-2H3. The lowest BCUT2D eigenvalue weighted by Gasteiger charge is -2.08. The summed E-state index contributed by atoms with van der Waals surface area (Å²) in [5.74, 6) is 0. The molecule has 0 atom stereocenters. The lowest BCUT2D eigenvalue weighted by atomic mass is 9.95. The molecule has 0 fully saturated rings. The maximum atomic E-state index is 3.77. The van der Waals surface area contributed by atoms with E-state index in [4.69, 9.17) is 0 Å². The second kappa shape index (κ2) is 7.25. The Morgan fingerprint density at radius 3 is 1.31 bits per heavy atom. The van der Waals surface area contributed by atoms with Gasteiger partial charge in [0.1, 0.15) is 0 Å². The monoisotopic (exact) mass is 375 g/mol. The molecule has 0 amide bonds. The lowest BCUT2D eigenvalue weighted by molar-refractivity contribution is 1.14. The molecular formula is C28H25N. The first-order valence-electron chi connectivity index (χ1n) is 10.5. The maximum Gasteiger partial charge on any atom is 0.0497 e. The van der Waals surface area contributed by atoms with Crippen LogP contribution >= 0.6 is 0 Å². The zero-order chi connectivity index (χ0) is 19.8. The Labute approximate surface area is 172 Å². The van der Waals surface area contributed by atoms with Crippen molar-refractivity contribution < 1.29 is 0 Å². The molecule has 1 N–H and O–H groups in total. The highest BCUT2D eigenvalue weighted by Gasteiger charge is 2.14. The van der Waals surface area contributed by atoms with E-state index < -0.39 is 0 Å². The molecular weight excluding hydrogens is 350 g/mol. The van der Waals surface area contributed by atoms with Gasteiger partial charge in [-0.05, 0) is 70.5 Å². The van der Waals surface area contributed by atoms with Crippen LogP contribution in [0.5, 0.6) is 0 Å². The van der Waals surface area contributed by atoms with Crippen molar-refractivity contribution >= 4 is 21.8 Å². The van der Waals surface area contributed by atoms with E-state index in [0.717, 1.165) is 12.8 Å². The molecule has 0 aliphatic rings. The Balaban J connectivity index is 1.84. The summed E-state index contributed by atoms with van der Waals surface area (Å²) in [6, 6.07) is 30.8. The van der Waals surface area contributed by atoms with Gasteiger partial charge in [-0.25, -0.2) is 0 Å². The van der Waals surface area contributed by atoms with Crippen molar-refractivity contribution in [2.24, 2.45) is 0 Å². The minimum absolute atomic E-state index is 1.01. The van der Waals surface area contributed by atoms with Gasteiger partial charge in [-0.1, -0.05) is 74.5 Å². The van der Waals surface area contributed by atoms with Gasteiger partial charge in [0.25, 0.3) is 0 Å². The zero-order valence-corrected chi connectivity index (χ0v) is 17.0. The predicted octanol–water partition coefficient (Wildman–Crippen LogP) is 7.78. The van der Waals surface area contributed by atoms with Crippen molar-refractivity contribution in [2.75, 3.05) is 0 Å². The van der Waals surface area contributed by atoms with Crippen molar-refractivity contribution in [1.29, 1.82) is 0 Å². The van der Waals surface area contributed by atoms with Crippen molar-refractivity contribution in [1.82, 2.24) is 4.98 Å². The fourth-order valence-electron chi connectivity index (χ4n) is 4.40. The number of fused-ring (bicyclic) bond motifs is 3. The van der Waals surface area contributed by atoms with Crippen molar-refractivity contribution in [3.8, 4) is 22.3 Å². The number of benzene rings is 4. The molecule has 1 nitrogen and oxygen atoms in total. The third kappa shape index (κ3) is 3.03. The van der Waals surface area contributed by atoms with Gasteiger partial charge >= 0.3 is 0 Å². The average molecular weight is 376 g/mol. The van der Waals surface area contributed by atoms with Crippen LogP contribution < -0.4 is 0 Å². The molecule has 0 spiro atoms. The molecule has 0 aliphatic heterocycles. The van der Waals surface area contributed by atoms with Crippen molar-refractivity contribution in [3.63, 3.8) is 0 Å². The topological polar surface area (TPSA) is 15.8 Å². The number of hydrogen-bond donors (Lipinski definition) is 1. The van der Waals surface area contributed by atoms with Gasteiger partial charge in [-0.15, -0.1) is 0 Å². The molecule has 0 saturated heterocycles. The first-order chi connectivity index (χ1) is 14.3. The average Bonchev–Trinajstić information content (AvgIpc) is 3.17. The van der Waals surface area contributed by atoms with Crippen LogP contribution in [-0.4, -0.2) is 4.98 Å². The molecule has 0 bridgehead atoms. The Hall–Kier alpha value is -3.32. The summed E-state index contributed by atoms with van der Waals surface area (Å²) in [5.41, 5.74) is 10.4. The van der Waals surface area contributed by atoms with Gasteiger partial charge in [0.15, 0.2) is 0 Å². The van der Waals surface area contributed by atoms with Crippen LogP contribution in [0.3, 0.4) is 0 Å². The number of hydrogen-bond acceptors (Lipinski definition) is 0. The van der Waals surface area contributed by atoms with E-state index in [1.165, 1.54) is 55.2 Å². The van der Waals surface area contributed by atoms with Crippen LogP contribution in [-0.2, 0) is 12.8 Å². The summed E-state index contributed by atoms with van der Waals surface area (Å²) in [6.07, 6.45) is 2.02. The van der Waals surface area contributed by atoms with Crippen molar-refractivity contribution in [2.45, 2.75) is 26.7 Å². The second-order valence-electron chi connectivity index (χ2n) is 7.68. The number of aromatic nitrogens is 1. The van der Waals surface area contributed by atoms with E-state index in [-0.39, 0.29) is 0 Å². The van der Waals surface area contributed by atoms with Gasteiger partial charge in [-0.3, -0.25) is 0 Å². The Kier molecular flexibility index (Phi) is 4.44. The highest BCUT2D eigenvalue weighted by molar-refractivity contribution is 6.11. The van der Waals surface area contributed by atoms with E-state index in [9.17, 15) is 0 Å². The van der Waals surface area contributed by atoms with E-state index >= 15 is 0 Å². The first-order valence-corrected chi connectivity index (χ1v) is 10.5. The minimum atomic E-state index is 1.01. The Morgan fingerprint density at radius 2 is 0.931 bits per heavy atom. The van der Waals surface area contributed by atoms with E-state index in [1.54, 1.807) is 0 Å². The number of rotatable bonds is 4. The Morgan fingerprint density at radius 1 is 0.517 bits per heavy atom. The van der Waals surface area contributed by atoms with Gasteiger partial charge in [0.05, 0.1) is 0 Å². The van der Waals surface area contributed by atoms with Crippen LogP contribution in [0.25, 0.3) is 44.1 Å². The normalized spacial score (nSPS) is 11.4. The molecule has 4 aromatic carbocycles. The van der Waals surface area contributed by atoms with Gasteiger partial charge in [0, 0.05) is 21.8 Å². The fourth-order valence-corrected chi connectivity index (χ4v) is 4.40. The predicted molar refractivity (Wildman–Crippen MR) is 125 cm³/mol. The van der Waals surface area contributed by atoms with E-state index in [1.807, 2.05) is 0 Å². The van der Waals surface area contributed by atoms with Gasteiger partial charge < -0.3 is 4.98 Å². The molecule has 1 aromatic heterocycles. The molecule has 142 valence electrons. The Bertz CT molecular complexity index is 1190. The quantitative estimate of drug-likeness (QED) is 0.330. The first kappa shape index (κ1) is 17.8. The summed E-state index contributed by atoms with van der Waals surface area (Å²) in [7, 11) is 0. The minimum Gasteiger partial charge on any atom is -0.354 e. The van der Waals surface area contributed by atoms with E-state index in [0.29, 0.717) is 0 Å². The number of aryl methyl sites for hydroxylation is 2. The fraction of sp³-hybridized carbons (Fsp3) is 0.143. The third-order valence-electron chi connectivity index (χ3n) is 5.96. The summed E-state index contributed by atoms with van der Waals surface area (Å²) in [6.45, 7) is 4.48. The molecule has 29 heavy (non-hydrogen) atoms. The molecule has 5 rings (SSSR count). The number of nitrogens with one attached hydrogen (secondary N) is 1.